The predicted octanol–water partition coefficient (Wildman–Crippen LogP) is 6.51. The predicted molar refractivity (Wildman–Crippen MR) is 114 cm³/mol. The van der Waals surface area contributed by atoms with Crippen molar-refractivity contribution in [3.05, 3.63) is 75.5 Å². The molecule has 0 fully saturated rings. The van der Waals surface area contributed by atoms with E-state index in [-0.39, 0.29) is 5.41 Å². The van der Waals surface area contributed by atoms with Gasteiger partial charge >= 0.3 is 0 Å². The van der Waals surface area contributed by atoms with Crippen LogP contribution in [0.5, 0.6) is 0 Å². The average Bonchev–Trinajstić information content (AvgIpc) is 2.52. The molecule has 0 N–H and O–H groups in total. The Bertz CT molecular complexity index is 812. The molecule has 1 nitrogen and oxygen atoms in total. The first-order valence-corrected chi connectivity index (χ1v) is 9.79. The average molecular weight is 348 g/mol. The van der Waals surface area contributed by atoms with Gasteiger partial charge in [-0.15, -0.1) is 0 Å². The summed E-state index contributed by atoms with van der Waals surface area (Å²) in [5.74, 6) is 0. The van der Waals surface area contributed by atoms with E-state index in [1.54, 1.807) is 0 Å². The molecule has 1 aliphatic heterocycles. The second-order valence-electron chi connectivity index (χ2n) is 8.71. The lowest BCUT2D eigenvalue weighted by Crippen LogP contribution is -2.32. The molecule has 0 amide bonds. The minimum absolute atomic E-state index is 0.230. The molecule has 26 heavy (non-hydrogen) atoms. The van der Waals surface area contributed by atoms with Crippen molar-refractivity contribution in [1.82, 2.24) is 0 Å². The highest BCUT2D eigenvalue weighted by Gasteiger charge is 2.28. The Labute approximate surface area is 159 Å². The Morgan fingerprint density at radius 2 is 1.31 bits per heavy atom. The summed E-state index contributed by atoms with van der Waals surface area (Å²) in [5, 5.41) is 0. The van der Waals surface area contributed by atoms with Crippen molar-refractivity contribution < 1.29 is 0 Å². The largest absolute Gasteiger partial charge is 0.348 e. The lowest BCUT2D eigenvalue weighted by molar-refractivity contribution is 0.378. The number of hydrogen-bond acceptors (Lipinski definition) is 1. The Balaban J connectivity index is 1.85. The molecule has 1 heteroatoms. The highest BCUT2D eigenvalue weighted by atomic mass is 15.1. The van der Waals surface area contributed by atoms with Crippen molar-refractivity contribution in [2.45, 2.75) is 61.3 Å². The summed E-state index contributed by atoms with van der Waals surface area (Å²) in [5.41, 5.74) is 11.5. The standard InChI is InChI=1S/C25H33N/c1-17-12-19(3)23(20(4)13-17)16-25(7)8-10-26(11-9-25)24-21(5)14-18(2)15-22(24)6/h8,10,12-15H,9,11,16H2,1-7H3. The first-order valence-electron chi connectivity index (χ1n) is 9.79. The lowest BCUT2D eigenvalue weighted by Gasteiger charge is -2.37. The number of hydrogen-bond donors (Lipinski definition) is 0. The van der Waals surface area contributed by atoms with Gasteiger partial charge in [0, 0.05) is 18.4 Å². The van der Waals surface area contributed by atoms with Crippen LogP contribution < -0.4 is 4.90 Å². The molecule has 138 valence electrons. The van der Waals surface area contributed by atoms with Crippen LogP contribution >= 0.6 is 0 Å². The van der Waals surface area contributed by atoms with Crippen molar-refractivity contribution in [1.29, 1.82) is 0 Å². The molecule has 0 aromatic heterocycles. The number of allylic oxidation sites excluding steroid dienone is 1. The van der Waals surface area contributed by atoms with E-state index < -0.39 is 0 Å². The van der Waals surface area contributed by atoms with E-state index in [2.05, 4.69) is 89.9 Å². The van der Waals surface area contributed by atoms with Crippen molar-refractivity contribution in [3.63, 3.8) is 0 Å². The van der Waals surface area contributed by atoms with E-state index in [1.165, 1.54) is 51.1 Å². The topological polar surface area (TPSA) is 3.24 Å². The van der Waals surface area contributed by atoms with Crippen LogP contribution in [0.2, 0.25) is 0 Å². The molecule has 3 rings (SSSR count). The number of nitrogens with zero attached hydrogens (tertiary/aromatic N) is 1. The number of rotatable bonds is 3. The summed E-state index contributed by atoms with van der Waals surface area (Å²) in [7, 11) is 0. The third-order valence-electron chi connectivity index (χ3n) is 5.92. The van der Waals surface area contributed by atoms with E-state index in [0.29, 0.717) is 0 Å². The molecule has 2 aromatic carbocycles. The van der Waals surface area contributed by atoms with Gasteiger partial charge in [0.25, 0.3) is 0 Å². The van der Waals surface area contributed by atoms with Crippen LogP contribution in [0, 0.1) is 47.0 Å². The van der Waals surface area contributed by atoms with Crippen LogP contribution in [0.15, 0.2) is 36.5 Å². The van der Waals surface area contributed by atoms with Gasteiger partial charge in [-0.2, -0.15) is 0 Å². The molecule has 0 radical (unpaired) electrons. The zero-order valence-corrected chi connectivity index (χ0v) is 17.5. The molecule has 0 aliphatic carbocycles. The smallest absolute Gasteiger partial charge is 0.0465 e. The van der Waals surface area contributed by atoms with Gasteiger partial charge in [-0.25, -0.2) is 0 Å². The minimum atomic E-state index is 0.230. The molecule has 0 spiro atoms. The van der Waals surface area contributed by atoms with Crippen molar-refractivity contribution in [3.8, 4) is 0 Å². The fraction of sp³-hybridized carbons (Fsp3) is 0.440. The second kappa shape index (κ2) is 6.95. The third-order valence-corrected chi connectivity index (χ3v) is 5.92. The van der Waals surface area contributed by atoms with Gasteiger partial charge in [-0.1, -0.05) is 48.4 Å². The maximum absolute atomic E-state index is 2.45. The van der Waals surface area contributed by atoms with Gasteiger partial charge in [0.2, 0.25) is 0 Å². The first-order chi connectivity index (χ1) is 12.2. The summed E-state index contributed by atoms with van der Waals surface area (Å²) in [6.45, 7) is 16.9. The van der Waals surface area contributed by atoms with E-state index in [0.717, 1.165) is 13.0 Å². The Kier molecular flexibility index (Phi) is 5.01. The van der Waals surface area contributed by atoms with Crippen molar-refractivity contribution >= 4 is 5.69 Å². The number of benzene rings is 2. The fourth-order valence-electron chi connectivity index (χ4n) is 4.66. The highest BCUT2D eigenvalue weighted by Crippen LogP contribution is 2.37. The van der Waals surface area contributed by atoms with Crippen molar-refractivity contribution in [2.75, 3.05) is 11.4 Å². The van der Waals surface area contributed by atoms with E-state index >= 15 is 0 Å². The third kappa shape index (κ3) is 3.72. The molecule has 1 aliphatic rings. The SMILES string of the molecule is Cc1cc(C)c(CC2(C)C=CN(c3c(C)cc(C)cc3C)CC2)c(C)c1. The highest BCUT2D eigenvalue weighted by molar-refractivity contribution is 5.62. The van der Waals surface area contributed by atoms with Crippen LogP contribution in [0.25, 0.3) is 0 Å². The maximum atomic E-state index is 2.45. The Hall–Kier alpha value is -2.02. The quantitative estimate of drug-likeness (QED) is 0.611. The van der Waals surface area contributed by atoms with E-state index in [4.69, 9.17) is 0 Å². The van der Waals surface area contributed by atoms with Crippen LogP contribution in [-0.4, -0.2) is 6.54 Å². The van der Waals surface area contributed by atoms with Gasteiger partial charge in [0.1, 0.15) is 0 Å². The van der Waals surface area contributed by atoms with Gasteiger partial charge in [0.05, 0.1) is 0 Å². The molecule has 0 saturated carbocycles. The van der Waals surface area contributed by atoms with Gasteiger partial charge in [-0.05, 0) is 87.6 Å². The lowest BCUT2D eigenvalue weighted by atomic mass is 9.77. The molecular weight excluding hydrogens is 314 g/mol. The Morgan fingerprint density at radius 1 is 0.808 bits per heavy atom. The van der Waals surface area contributed by atoms with Gasteiger partial charge in [-0.3, -0.25) is 0 Å². The molecule has 0 bridgehead atoms. The molecular formula is C25H33N. The van der Waals surface area contributed by atoms with E-state index in [1.807, 2.05) is 0 Å². The first kappa shape index (κ1) is 18.8. The summed E-state index contributed by atoms with van der Waals surface area (Å²) < 4.78 is 0. The summed E-state index contributed by atoms with van der Waals surface area (Å²) in [4.78, 5) is 2.45. The van der Waals surface area contributed by atoms with Gasteiger partial charge in [0.15, 0.2) is 0 Å². The molecule has 0 saturated heterocycles. The second-order valence-corrected chi connectivity index (χ2v) is 8.71. The molecule has 2 aromatic rings. The zero-order chi connectivity index (χ0) is 19.1. The number of anilines is 1. The normalized spacial score (nSPS) is 19.9. The molecule has 1 unspecified atom stereocenters. The summed E-state index contributed by atoms with van der Waals surface area (Å²) in [6.07, 6.45) is 7.07. The Morgan fingerprint density at radius 3 is 1.77 bits per heavy atom. The summed E-state index contributed by atoms with van der Waals surface area (Å²) in [6, 6.07) is 9.24. The monoisotopic (exact) mass is 347 g/mol. The van der Waals surface area contributed by atoms with Crippen LogP contribution in [0.3, 0.4) is 0 Å². The zero-order valence-electron chi connectivity index (χ0n) is 17.5. The fourth-order valence-corrected chi connectivity index (χ4v) is 4.66. The number of aryl methyl sites for hydroxylation is 6. The van der Waals surface area contributed by atoms with Gasteiger partial charge < -0.3 is 4.90 Å². The molecule has 1 atom stereocenters. The molecule has 1 heterocycles. The van der Waals surface area contributed by atoms with Crippen LogP contribution in [-0.2, 0) is 6.42 Å². The maximum Gasteiger partial charge on any atom is 0.0465 e. The van der Waals surface area contributed by atoms with E-state index in [9.17, 15) is 0 Å². The van der Waals surface area contributed by atoms with Crippen molar-refractivity contribution in [2.24, 2.45) is 5.41 Å². The van der Waals surface area contributed by atoms with Crippen LogP contribution in [0.1, 0.15) is 52.3 Å². The minimum Gasteiger partial charge on any atom is -0.348 e. The van der Waals surface area contributed by atoms with Crippen LogP contribution in [0.4, 0.5) is 5.69 Å². The summed E-state index contributed by atoms with van der Waals surface area (Å²) >= 11 is 0.